The van der Waals surface area contributed by atoms with E-state index in [-0.39, 0.29) is 11.6 Å². The zero-order chi connectivity index (χ0) is 23.8. The van der Waals surface area contributed by atoms with Crippen molar-refractivity contribution in [3.63, 3.8) is 0 Å². The molecule has 0 spiro atoms. The SMILES string of the molecule is CC.Cc1c2c(nn1CCN(C)N(C)C=O)CCN(C(=O)Nc1ccc(F)c(C#N)c1)C2. The standard InChI is InChI=1S/C20H24FN7O2.C2H6/c1-14-17-12-27(20(30)23-16-4-5-18(21)15(10-16)11-22)7-6-19(17)24-28(14)9-8-25(2)26(3)13-29;1-2/h4-5,10,13H,6-9,12H2,1-3H3,(H,23,30);1-2H3. The van der Waals surface area contributed by atoms with Crippen LogP contribution in [0.4, 0.5) is 14.9 Å². The zero-order valence-electron chi connectivity index (χ0n) is 19.2. The van der Waals surface area contributed by atoms with E-state index in [9.17, 15) is 14.0 Å². The van der Waals surface area contributed by atoms with Gasteiger partial charge in [0.05, 0.1) is 24.3 Å². The van der Waals surface area contributed by atoms with Crippen LogP contribution in [0.5, 0.6) is 0 Å². The molecule has 172 valence electrons. The fourth-order valence-electron chi connectivity index (χ4n) is 3.32. The predicted molar refractivity (Wildman–Crippen MR) is 119 cm³/mol. The van der Waals surface area contributed by atoms with Crippen molar-refractivity contribution in [2.24, 2.45) is 0 Å². The van der Waals surface area contributed by atoms with Crippen molar-refractivity contribution in [3.05, 3.63) is 46.5 Å². The molecule has 0 saturated carbocycles. The van der Waals surface area contributed by atoms with Gasteiger partial charge < -0.3 is 10.2 Å². The number of amides is 3. The summed E-state index contributed by atoms with van der Waals surface area (Å²) in [6.07, 6.45) is 1.38. The average Bonchev–Trinajstić information content (AvgIpc) is 3.14. The Kier molecular flexibility index (Phi) is 8.72. The van der Waals surface area contributed by atoms with E-state index in [1.807, 2.05) is 32.5 Å². The number of halogens is 1. The number of carbonyl (C=O) groups is 2. The molecule has 0 bridgehead atoms. The van der Waals surface area contributed by atoms with Crippen molar-refractivity contribution < 1.29 is 14.0 Å². The van der Waals surface area contributed by atoms with Crippen molar-refractivity contribution in [2.75, 3.05) is 32.5 Å². The smallest absolute Gasteiger partial charge is 0.320 e. The van der Waals surface area contributed by atoms with Gasteiger partial charge in [-0.1, -0.05) is 13.8 Å². The fraction of sp³-hybridized carbons (Fsp3) is 0.455. The Morgan fingerprint density at radius 3 is 2.75 bits per heavy atom. The summed E-state index contributed by atoms with van der Waals surface area (Å²) >= 11 is 0. The molecule has 0 aliphatic carbocycles. The van der Waals surface area contributed by atoms with Crippen LogP contribution in [0.1, 0.15) is 36.4 Å². The first-order valence-electron chi connectivity index (χ1n) is 10.5. The summed E-state index contributed by atoms with van der Waals surface area (Å²) in [5.41, 5.74) is 3.23. The molecule has 2 aromatic rings. The lowest BCUT2D eigenvalue weighted by Gasteiger charge is -2.27. The second-order valence-corrected chi connectivity index (χ2v) is 7.20. The molecule has 9 nitrogen and oxygen atoms in total. The molecule has 32 heavy (non-hydrogen) atoms. The third-order valence-corrected chi connectivity index (χ3v) is 5.33. The number of rotatable bonds is 6. The summed E-state index contributed by atoms with van der Waals surface area (Å²) in [5.74, 6) is -0.619. The highest BCUT2D eigenvalue weighted by atomic mass is 19.1. The predicted octanol–water partition coefficient (Wildman–Crippen LogP) is 2.75. The van der Waals surface area contributed by atoms with Crippen molar-refractivity contribution >= 4 is 18.1 Å². The Morgan fingerprint density at radius 1 is 1.38 bits per heavy atom. The highest BCUT2D eigenvalue weighted by Gasteiger charge is 2.26. The minimum atomic E-state index is -0.619. The summed E-state index contributed by atoms with van der Waals surface area (Å²) in [4.78, 5) is 25.2. The van der Waals surface area contributed by atoms with Crippen LogP contribution in [0.2, 0.25) is 0 Å². The average molecular weight is 444 g/mol. The van der Waals surface area contributed by atoms with Crippen LogP contribution in [0.3, 0.4) is 0 Å². The molecular weight excluding hydrogens is 413 g/mol. The number of benzene rings is 1. The van der Waals surface area contributed by atoms with Crippen LogP contribution >= 0.6 is 0 Å². The Bertz CT molecular complexity index is 999. The number of nitrogens with one attached hydrogen (secondary N) is 1. The molecule has 0 saturated heterocycles. The van der Waals surface area contributed by atoms with Gasteiger partial charge in [0.25, 0.3) is 0 Å². The molecule has 2 heterocycles. The highest BCUT2D eigenvalue weighted by Crippen LogP contribution is 2.23. The van der Waals surface area contributed by atoms with E-state index in [1.165, 1.54) is 17.1 Å². The fourth-order valence-corrected chi connectivity index (χ4v) is 3.32. The van der Waals surface area contributed by atoms with Gasteiger partial charge in [0, 0.05) is 50.6 Å². The summed E-state index contributed by atoms with van der Waals surface area (Å²) in [5, 5.41) is 19.6. The quantitative estimate of drug-likeness (QED) is 0.547. The van der Waals surface area contributed by atoms with Crippen molar-refractivity contribution in [3.8, 4) is 6.07 Å². The summed E-state index contributed by atoms with van der Waals surface area (Å²) in [6.45, 7) is 8.13. The van der Waals surface area contributed by atoms with Gasteiger partial charge in [0.2, 0.25) is 6.41 Å². The van der Waals surface area contributed by atoms with Crippen molar-refractivity contribution in [1.82, 2.24) is 24.7 Å². The first kappa shape index (κ1) is 24.8. The number of urea groups is 1. The maximum Gasteiger partial charge on any atom is 0.322 e. The van der Waals surface area contributed by atoms with Crippen LogP contribution in [0.25, 0.3) is 0 Å². The molecule has 1 aliphatic rings. The Morgan fingerprint density at radius 2 is 2.09 bits per heavy atom. The number of nitriles is 1. The van der Waals surface area contributed by atoms with E-state index < -0.39 is 5.82 Å². The lowest BCUT2D eigenvalue weighted by Crippen LogP contribution is -2.38. The number of hydrogen-bond acceptors (Lipinski definition) is 5. The van der Waals surface area contributed by atoms with Gasteiger partial charge in [-0.05, 0) is 25.1 Å². The summed E-state index contributed by atoms with van der Waals surface area (Å²) in [6, 6.07) is 5.37. The van der Waals surface area contributed by atoms with Crippen LogP contribution in [-0.2, 0) is 24.3 Å². The minimum absolute atomic E-state index is 0.115. The first-order chi connectivity index (χ1) is 15.3. The Labute approximate surface area is 188 Å². The van der Waals surface area contributed by atoms with E-state index in [0.717, 1.165) is 29.4 Å². The number of hydrogen-bond donors (Lipinski definition) is 1. The molecule has 0 radical (unpaired) electrons. The number of likely N-dealkylation sites (N-methyl/N-ethyl adjacent to an activating group) is 1. The Balaban J connectivity index is 0.00000176. The van der Waals surface area contributed by atoms with Gasteiger partial charge >= 0.3 is 6.03 Å². The van der Waals surface area contributed by atoms with Gasteiger partial charge in [-0.25, -0.2) is 14.2 Å². The summed E-state index contributed by atoms with van der Waals surface area (Å²) in [7, 11) is 3.51. The number of hydrazine groups is 1. The van der Waals surface area contributed by atoms with Crippen LogP contribution in [0, 0.1) is 24.1 Å². The van der Waals surface area contributed by atoms with E-state index in [4.69, 9.17) is 5.26 Å². The molecule has 3 amide bonds. The largest absolute Gasteiger partial charge is 0.322 e. The van der Waals surface area contributed by atoms with Crippen molar-refractivity contribution in [2.45, 2.75) is 40.3 Å². The summed E-state index contributed by atoms with van der Waals surface area (Å²) < 4.78 is 15.4. The molecule has 1 aromatic carbocycles. The normalized spacial score (nSPS) is 12.4. The van der Waals surface area contributed by atoms with Crippen LogP contribution in [-0.4, -0.2) is 64.3 Å². The van der Waals surface area contributed by atoms with E-state index in [1.54, 1.807) is 23.0 Å². The lowest BCUT2D eigenvalue weighted by atomic mass is 10.1. The van der Waals surface area contributed by atoms with Crippen LogP contribution < -0.4 is 5.32 Å². The second-order valence-electron chi connectivity index (χ2n) is 7.20. The second kappa shape index (κ2) is 11.2. The maximum absolute atomic E-state index is 13.5. The Hall–Kier alpha value is -3.45. The minimum Gasteiger partial charge on any atom is -0.320 e. The number of anilines is 1. The van der Waals surface area contributed by atoms with Gasteiger partial charge in [0.1, 0.15) is 11.9 Å². The van der Waals surface area contributed by atoms with Gasteiger partial charge in [-0.3, -0.25) is 14.5 Å². The number of carbonyl (C=O) groups excluding carboxylic acids is 2. The van der Waals surface area contributed by atoms with E-state index in [0.29, 0.717) is 38.3 Å². The lowest BCUT2D eigenvalue weighted by molar-refractivity contribution is -0.129. The monoisotopic (exact) mass is 443 g/mol. The number of nitrogens with zero attached hydrogens (tertiary/aromatic N) is 6. The molecular formula is C22H30FN7O2. The molecule has 1 N–H and O–H groups in total. The highest BCUT2D eigenvalue weighted by molar-refractivity contribution is 5.89. The van der Waals surface area contributed by atoms with Gasteiger partial charge in [0.15, 0.2) is 0 Å². The van der Waals surface area contributed by atoms with Gasteiger partial charge in [-0.15, -0.1) is 0 Å². The third kappa shape index (κ3) is 5.62. The van der Waals surface area contributed by atoms with Gasteiger partial charge in [-0.2, -0.15) is 10.4 Å². The number of aromatic nitrogens is 2. The van der Waals surface area contributed by atoms with E-state index in [2.05, 4.69) is 10.4 Å². The number of fused-ring (bicyclic) bond motifs is 1. The molecule has 1 aromatic heterocycles. The molecule has 0 fully saturated rings. The molecule has 1 aliphatic heterocycles. The molecule has 3 rings (SSSR count). The molecule has 0 atom stereocenters. The van der Waals surface area contributed by atoms with E-state index >= 15 is 0 Å². The molecule has 0 unspecified atom stereocenters. The van der Waals surface area contributed by atoms with Crippen LogP contribution in [0.15, 0.2) is 18.2 Å². The zero-order valence-corrected chi connectivity index (χ0v) is 19.2. The van der Waals surface area contributed by atoms with Crippen molar-refractivity contribution in [1.29, 1.82) is 5.26 Å². The third-order valence-electron chi connectivity index (χ3n) is 5.33. The first-order valence-corrected chi connectivity index (χ1v) is 10.5. The maximum atomic E-state index is 13.5. The molecule has 10 heteroatoms. The topological polar surface area (TPSA) is 97.5 Å².